The molecule has 1 fully saturated rings. The molecule has 25 heavy (non-hydrogen) atoms. The number of thiol groups is 1. The smallest absolute Gasteiger partial charge is 0.171 e. The van der Waals surface area contributed by atoms with Gasteiger partial charge in [-0.1, -0.05) is 60.7 Å². The molecule has 1 heterocycles. The number of hydrogen-bond acceptors (Lipinski definition) is 5. The molecule has 0 aliphatic carbocycles. The molecular formula is C20H24O4S. The van der Waals surface area contributed by atoms with Crippen molar-refractivity contribution in [1.82, 2.24) is 0 Å². The summed E-state index contributed by atoms with van der Waals surface area (Å²) in [5, 5.41) is -0.219. The molecule has 5 heteroatoms. The lowest BCUT2D eigenvalue weighted by atomic mass is 10.1. The molecule has 0 bridgehead atoms. The average Bonchev–Trinajstić information content (AvgIpc) is 2.67. The van der Waals surface area contributed by atoms with Gasteiger partial charge in [-0.3, -0.25) is 0 Å². The summed E-state index contributed by atoms with van der Waals surface area (Å²) in [6.07, 6.45) is -0.815. The Hall–Kier alpha value is -1.37. The Morgan fingerprint density at radius 3 is 2.04 bits per heavy atom. The molecule has 1 saturated heterocycles. The monoisotopic (exact) mass is 360 g/mol. The van der Waals surface area contributed by atoms with E-state index in [2.05, 4.69) is 12.6 Å². The molecule has 0 N–H and O–H groups in total. The molecular weight excluding hydrogens is 336 g/mol. The molecule has 4 atom stereocenters. The Labute approximate surface area is 154 Å². The van der Waals surface area contributed by atoms with Gasteiger partial charge < -0.3 is 18.9 Å². The van der Waals surface area contributed by atoms with Gasteiger partial charge in [0.2, 0.25) is 0 Å². The lowest BCUT2D eigenvalue weighted by molar-refractivity contribution is -0.225. The van der Waals surface area contributed by atoms with Crippen molar-refractivity contribution in [2.45, 2.75) is 37.0 Å². The number of hydrogen-bond donors (Lipinski definition) is 1. The van der Waals surface area contributed by atoms with Crippen LogP contribution in [0.4, 0.5) is 0 Å². The fraction of sp³-hybridized carbons (Fsp3) is 0.400. The third kappa shape index (κ3) is 5.06. The predicted octanol–water partition coefficient (Wildman–Crippen LogP) is 3.46. The molecule has 4 nitrogen and oxygen atoms in total. The van der Waals surface area contributed by atoms with E-state index in [0.29, 0.717) is 19.8 Å². The van der Waals surface area contributed by atoms with Crippen molar-refractivity contribution < 1.29 is 18.9 Å². The number of rotatable bonds is 7. The van der Waals surface area contributed by atoms with Gasteiger partial charge in [-0.15, -0.1) is 0 Å². The van der Waals surface area contributed by atoms with Gasteiger partial charge >= 0.3 is 0 Å². The summed E-state index contributed by atoms with van der Waals surface area (Å²) in [7, 11) is 1.62. The molecule has 2 aromatic rings. The van der Waals surface area contributed by atoms with E-state index in [1.54, 1.807) is 7.11 Å². The fourth-order valence-corrected chi connectivity index (χ4v) is 3.34. The largest absolute Gasteiger partial charge is 0.369 e. The van der Waals surface area contributed by atoms with Crippen LogP contribution in [0.5, 0.6) is 0 Å². The van der Waals surface area contributed by atoms with Crippen LogP contribution in [0, 0.1) is 0 Å². The standard InChI is InChI=1S/C20H24O4S/c1-21-20-19(25)18(23-13-16-10-6-3-7-11-16)17(14-24-20)22-12-15-8-4-2-5-9-15/h2-11,17-20,25H,12-14H2,1H3/t17-,18+,19-,20+/m1/s1. The Morgan fingerprint density at radius 2 is 1.48 bits per heavy atom. The van der Waals surface area contributed by atoms with Gasteiger partial charge in [0, 0.05) is 7.11 Å². The summed E-state index contributed by atoms with van der Waals surface area (Å²) in [6.45, 7) is 1.43. The average molecular weight is 360 g/mol. The van der Waals surface area contributed by atoms with E-state index < -0.39 is 6.29 Å². The Balaban J connectivity index is 1.63. The molecule has 134 valence electrons. The Kier molecular flexibility index (Phi) is 6.90. The van der Waals surface area contributed by atoms with Gasteiger partial charge in [0.15, 0.2) is 6.29 Å². The highest BCUT2D eigenvalue weighted by molar-refractivity contribution is 7.81. The van der Waals surface area contributed by atoms with Crippen LogP contribution in [0.1, 0.15) is 11.1 Å². The summed E-state index contributed by atoms with van der Waals surface area (Å²) in [6, 6.07) is 20.2. The van der Waals surface area contributed by atoms with Crippen molar-refractivity contribution in [3.05, 3.63) is 71.8 Å². The van der Waals surface area contributed by atoms with Crippen molar-refractivity contribution in [3.63, 3.8) is 0 Å². The van der Waals surface area contributed by atoms with Crippen molar-refractivity contribution in [2.24, 2.45) is 0 Å². The first kappa shape index (κ1) is 18.4. The number of methoxy groups -OCH3 is 1. The highest BCUT2D eigenvalue weighted by atomic mass is 32.1. The lowest BCUT2D eigenvalue weighted by Gasteiger charge is -2.39. The molecule has 1 aliphatic rings. The van der Waals surface area contributed by atoms with Crippen LogP contribution in [0.3, 0.4) is 0 Å². The quantitative estimate of drug-likeness (QED) is 0.768. The maximum Gasteiger partial charge on any atom is 0.171 e. The third-order valence-corrected chi connectivity index (χ3v) is 4.77. The van der Waals surface area contributed by atoms with Gasteiger partial charge in [-0.25, -0.2) is 0 Å². The summed E-state index contributed by atoms with van der Waals surface area (Å²) < 4.78 is 23.3. The summed E-state index contributed by atoms with van der Waals surface area (Å²) >= 11 is 4.66. The zero-order valence-electron chi connectivity index (χ0n) is 14.3. The molecule has 0 radical (unpaired) electrons. The van der Waals surface area contributed by atoms with E-state index in [9.17, 15) is 0 Å². The predicted molar refractivity (Wildman–Crippen MR) is 99.6 cm³/mol. The first-order chi connectivity index (χ1) is 12.3. The maximum absolute atomic E-state index is 6.15. The van der Waals surface area contributed by atoms with Crippen LogP contribution in [0.2, 0.25) is 0 Å². The zero-order chi connectivity index (χ0) is 17.5. The lowest BCUT2D eigenvalue weighted by Crippen LogP contribution is -2.53. The van der Waals surface area contributed by atoms with Crippen LogP contribution < -0.4 is 0 Å². The first-order valence-corrected chi connectivity index (χ1v) is 8.93. The molecule has 0 saturated carbocycles. The first-order valence-electron chi connectivity index (χ1n) is 8.41. The van der Waals surface area contributed by atoms with E-state index in [4.69, 9.17) is 18.9 Å². The van der Waals surface area contributed by atoms with Crippen LogP contribution >= 0.6 is 12.6 Å². The molecule has 0 spiro atoms. The second-order valence-electron chi connectivity index (χ2n) is 6.02. The summed E-state index contributed by atoms with van der Waals surface area (Å²) in [5.41, 5.74) is 2.24. The topological polar surface area (TPSA) is 36.9 Å². The van der Waals surface area contributed by atoms with Crippen LogP contribution in [0.25, 0.3) is 0 Å². The van der Waals surface area contributed by atoms with E-state index in [1.165, 1.54) is 0 Å². The van der Waals surface area contributed by atoms with Crippen LogP contribution in [-0.2, 0) is 32.2 Å². The molecule has 2 aromatic carbocycles. The normalized spacial score (nSPS) is 26.5. The SMILES string of the molecule is CO[C@H]1OC[C@@H](OCc2ccccc2)[C@H](OCc2ccccc2)[C@H]1S. The molecule has 3 rings (SSSR count). The highest BCUT2D eigenvalue weighted by Gasteiger charge is 2.40. The molecule has 1 aliphatic heterocycles. The highest BCUT2D eigenvalue weighted by Crippen LogP contribution is 2.27. The maximum atomic E-state index is 6.15. The van der Waals surface area contributed by atoms with Crippen molar-refractivity contribution in [1.29, 1.82) is 0 Å². The molecule has 0 unspecified atom stereocenters. The van der Waals surface area contributed by atoms with Gasteiger partial charge in [-0.05, 0) is 11.1 Å². The summed E-state index contributed by atoms with van der Waals surface area (Å²) in [4.78, 5) is 0. The molecule has 0 amide bonds. The Bertz CT molecular complexity index is 622. The van der Waals surface area contributed by atoms with E-state index in [0.717, 1.165) is 11.1 Å². The van der Waals surface area contributed by atoms with Gasteiger partial charge in [0.05, 0.1) is 25.1 Å². The van der Waals surface area contributed by atoms with Gasteiger partial charge in [0.1, 0.15) is 12.2 Å². The third-order valence-electron chi connectivity index (χ3n) is 4.23. The van der Waals surface area contributed by atoms with E-state index in [1.807, 2.05) is 60.7 Å². The second kappa shape index (κ2) is 9.36. The van der Waals surface area contributed by atoms with E-state index >= 15 is 0 Å². The minimum Gasteiger partial charge on any atom is -0.369 e. The van der Waals surface area contributed by atoms with Gasteiger partial charge in [0.25, 0.3) is 0 Å². The Morgan fingerprint density at radius 1 is 0.920 bits per heavy atom. The summed E-state index contributed by atoms with van der Waals surface area (Å²) in [5.74, 6) is 0. The van der Waals surface area contributed by atoms with Crippen molar-refractivity contribution in [2.75, 3.05) is 13.7 Å². The van der Waals surface area contributed by atoms with E-state index in [-0.39, 0.29) is 17.5 Å². The zero-order valence-corrected chi connectivity index (χ0v) is 15.2. The van der Waals surface area contributed by atoms with Crippen LogP contribution in [-0.4, -0.2) is 37.5 Å². The van der Waals surface area contributed by atoms with Crippen molar-refractivity contribution in [3.8, 4) is 0 Å². The van der Waals surface area contributed by atoms with Crippen molar-refractivity contribution >= 4 is 12.6 Å². The second-order valence-corrected chi connectivity index (χ2v) is 6.62. The number of benzene rings is 2. The minimum absolute atomic E-state index is 0.196. The fourth-order valence-electron chi connectivity index (χ4n) is 2.86. The van der Waals surface area contributed by atoms with Gasteiger partial charge in [-0.2, -0.15) is 12.6 Å². The minimum atomic E-state index is -0.402. The molecule has 0 aromatic heterocycles. The number of ether oxygens (including phenoxy) is 4. The van der Waals surface area contributed by atoms with Crippen LogP contribution in [0.15, 0.2) is 60.7 Å².